The van der Waals surface area contributed by atoms with E-state index in [-0.39, 0.29) is 5.69 Å². The van der Waals surface area contributed by atoms with E-state index in [1.54, 1.807) is 23.2 Å². The first-order chi connectivity index (χ1) is 13.6. The molecule has 3 heterocycles. The van der Waals surface area contributed by atoms with Crippen LogP contribution < -0.4 is 15.5 Å². The number of benzene rings is 1. The molecule has 146 valence electrons. The maximum absolute atomic E-state index is 11.7. The van der Waals surface area contributed by atoms with Gasteiger partial charge < -0.3 is 9.80 Å². The van der Waals surface area contributed by atoms with Crippen LogP contribution in [0.25, 0.3) is 10.9 Å². The van der Waals surface area contributed by atoms with E-state index >= 15 is 0 Å². The largest absolute Gasteiger partial charge is 0.369 e. The second kappa shape index (κ2) is 7.93. The number of aromatic nitrogens is 4. The molecule has 0 radical (unpaired) electrons. The number of fused-ring (bicyclic) bond motifs is 1. The molecule has 1 aliphatic rings. The van der Waals surface area contributed by atoms with Crippen molar-refractivity contribution >= 4 is 22.4 Å². The molecule has 0 amide bonds. The molecule has 8 nitrogen and oxygen atoms in total. The molecule has 0 unspecified atom stereocenters. The van der Waals surface area contributed by atoms with Crippen LogP contribution in [0.15, 0.2) is 47.8 Å². The van der Waals surface area contributed by atoms with Crippen molar-refractivity contribution in [2.45, 2.75) is 6.54 Å². The molecule has 2 aromatic heterocycles. The van der Waals surface area contributed by atoms with Crippen LogP contribution in [0.4, 0.5) is 11.5 Å². The summed E-state index contributed by atoms with van der Waals surface area (Å²) in [6.07, 6.45) is 4.95. The second-order valence-electron chi connectivity index (χ2n) is 7.22. The van der Waals surface area contributed by atoms with Crippen molar-refractivity contribution in [1.82, 2.24) is 24.4 Å². The molecular formula is C20H25N7O. The number of hydrogen-bond acceptors (Lipinski definition) is 7. The fourth-order valence-corrected chi connectivity index (χ4v) is 3.62. The highest BCUT2D eigenvalue weighted by molar-refractivity contribution is 5.91. The average Bonchev–Trinajstić information content (AvgIpc) is 2.72. The molecule has 28 heavy (non-hydrogen) atoms. The lowest BCUT2D eigenvalue weighted by Gasteiger charge is -2.36. The maximum atomic E-state index is 11.7. The second-order valence-corrected chi connectivity index (χ2v) is 7.22. The van der Waals surface area contributed by atoms with Crippen molar-refractivity contribution in [3.05, 3.63) is 53.5 Å². The summed E-state index contributed by atoms with van der Waals surface area (Å²) in [5.41, 5.74) is 1.98. The van der Waals surface area contributed by atoms with E-state index in [0.29, 0.717) is 6.54 Å². The van der Waals surface area contributed by atoms with Gasteiger partial charge in [-0.05, 0) is 24.3 Å². The van der Waals surface area contributed by atoms with Gasteiger partial charge >= 0.3 is 5.69 Å². The number of piperazine rings is 1. The molecule has 3 aromatic rings. The quantitative estimate of drug-likeness (QED) is 0.657. The van der Waals surface area contributed by atoms with Gasteiger partial charge in [0.1, 0.15) is 12.1 Å². The van der Waals surface area contributed by atoms with Crippen LogP contribution in [-0.4, -0.2) is 71.2 Å². The molecule has 1 aliphatic heterocycles. The highest BCUT2D eigenvalue weighted by Gasteiger charge is 2.18. The molecule has 0 N–H and O–H groups in total. The number of hydrogen-bond donors (Lipinski definition) is 0. The van der Waals surface area contributed by atoms with Gasteiger partial charge in [-0.2, -0.15) is 0 Å². The molecule has 8 heteroatoms. The Morgan fingerprint density at radius 1 is 1.04 bits per heavy atom. The zero-order valence-corrected chi connectivity index (χ0v) is 16.3. The Hall–Kier alpha value is -3.00. The topological polar surface area (TPSA) is 70.4 Å². The minimum Gasteiger partial charge on any atom is -0.369 e. The van der Waals surface area contributed by atoms with Crippen molar-refractivity contribution in [2.24, 2.45) is 0 Å². The van der Waals surface area contributed by atoms with Crippen LogP contribution in [0.3, 0.4) is 0 Å². The number of anilines is 2. The molecular weight excluding hydrogens is 354 g/mol. The van der Waals surface area contributed by atoms with E-state index in [0.717, 1.165) is 49.4 Å². The summed E-state index contributed by atoms with van der Waals surface area (Å²) in [5, 5.41) is 1.07. The molecule has 4 rings (SSSR count). The third-order valence-electron chi connectivity index (χ3n) is 5.20. The van der Waals surface area contributed by atoms with E-state index in [4.69, 9.17) is 0 Å². The summed E-state index contributed by atoms with van der Waals surface area (Å²) in [7, 11) is 4.00. The summed E-state index contributed by atoms with van der Waals surface area (Å²) in [6.45, 7) is 5.39. The minimum atomic E-state index is -0.184. The Bertz CT molecular complexity index is 1010. The zero-order chi connectivity index (χ0) is 19.5. The zero-order valence-electron chi connectivity index (χ0n) is 16.3. The number of rotatable bonds is 5. The summed E-state index contributed by atoms with van der Waals surface area (Å²) in [4.78, 5) is 31.1. The van der Waals surface area contributed by atoms with Crippen LogP contribution in [0.5, 0.6) is 0 Å². The van der Waals surface area contributed by atoms with E-state index < -0.39 is 0 Å². The molecule has 1 fully saturated rings. The highest BCUT2D eigenvalue weighted by atomic mass is 16.1. The van der Waals surface area contributed by atoms with E-state index in [2.05, 4.69) is 43.0 Å². The van der Waals surface area contributed by atoms with Crippen LogP contribution in [0, 0.1) is 0 Å². The van der Waals surface area contributed by atoms with Gasteiger partial charge in [-0.1, -0.05) is 0 Å². The lowest BCUT2D eigenvalue weighted by atomic mass is 10.1. The third-order valence-corrected chi connectivity index (χ3v) is 5.20. The normalized spacial score (nSPS) is 15.1. The van der Waals surface area contributed by atoms with Crippen LogP contribution >= 0.6 is 0 Å². The van der Waals surface area contributed by atoms with Gasteiger partial charge in [0.2, 0.25) is 0 Å². The van der Waals surface area contributed by atoms with Gasteiger partial charge in [0, 0.05) is 76.8 Å². The fraction of sp³-hybridized carbons (Fsp3) is 0.400. The van der Waals surface area contributed by atoms with E-state index in [9.17, 15) is 4.79 Å². The smallest absolute Gasteiger partial charge is 0.347 e. The van der Waals surface area contributed by atoms with E-state index in [1.807, 2.05) is 19.0 Å². The molecule has 1 aromatic carbocycles. The maximum Gasteiger partial charge on any atom is 0.347 e. The van der Waals surface area contributed by atoms with Crippen molar-refractivity contribution < 1.29 is 0 Å². The Labute approximate surface area is 164 Å². The van der Waals surface area contributed by atoms with Gasteiger partial charge in [0.05, 0.1) is 5.52 Å². The predicted molar refractivity (Wildman–Crippen MR) is 111 cm³/mol. The van der Waals surface area contributed by atoms with Crippen LogP contribution in [-0.2, 0) is 6.54 Å². The highest BCUT2D eigenvalue weighted by Crippen LogP contribution is 2.27. The van der Waals surface area contributed by atoms with Crippen LogP contribution in [0.1, 0.15) is 0 Å². The summed E-state index contributed by atoms with van der Waals surface area (Å²) in [5.74, 6) is 0.937. The SMILES string of the molecule is CN(C)c1ncnc2ccc(N3CCN(CCn4cccnc4=O)CC3)cc12. The van der Waals surface area contributed by atoms with Crippen molar-refractivity contribution in [3.63, 3.8) is 0 Å². The molecule has 1 saturated heterocycles. The first kappa shape index (κ1) is 18.4. The van der Waals surface area contributed by atoms with Crippen molar-refractivity contribution in [1.29, 1.82) is 0 Å². The Morgan fingerprint density at radius 2 is 1.86 bits per heavy atom. The molecule has 0 atom stereocenters. The van der Waals surface area contributed by atoms with E-state index in [1.165, 1.54) is 11.9 Å². The molecule has 0 saturated carbocycles. The van der Waals surface area contributed by atoms with Crippen LogP contribution in [0.2, 0.25) is 0 Å². The van der Waals surface area contributed by atoms with Gasteiger partial charge in [0.15, 0.2) is 0 Å². The van der Waals surface area contributed by atoms with Crippen molar-refractivity contribution in [3.8, 4) is 0 Å². The lowest BCUT2D eigenvalue weighted by molar-refractivity contribution is 0.246. The lowest BCUT2D eigenvalue weighted by Crippen LogP contribution is -2.47. The Kier molecular flexibility index (Phi) is 5.21. The number of nitrogens with zero attached hydrogens (tertiary/aromatic N) is 7. The summed E-state index contributed by atoms with van der Waals surface area (Å²) in [6, 6.07) is 8.19. The van der Waals surface area contributed by atoms with Crippen molar-refractivity contribution in [2.75, 3.05) is 56.6 Å². The molecule has 0 bridgehead atoms. The monoisotopic (exact) mass is 379 g/mol. The van der Waals surface area contributed by atoms with Gasteiger partial charge in [0.25, 0.3) is 0 Å². The third kappa shape index (κ3) is 3.82. The summed E-state index contributed by atoms with van der Waals surface area (Å²) >= 11 is 0. The Morgan fingerprint density at radius 3 is 2.61 bits per heavy atom. The van der Waals surface area contributed by atoms with Gasteiger partial charge in [-0.3, -0.25) is 9.47 Å². The first-order valence-corrected chi connectivity index (χ1v) is 9.53. The minimum absolute atomic E-state index is 0.184. The predicted octanol–water partition coefficient (Wildman–Crippen LogP) is 1.07. The average molecular weight is 379 g/mol. The molecule has 0 spiro atoms. The fourth-order valence-electron chi connectivity index (χ4n) is 3.62. The van der Waals surface area contributed by atoms with Gasteiger partial charge in [-0.15, -0.1) is 0 Å². The molecule has 0 aliphatic carbocycles. The Balaban J connectivity index is 1.41. The summed E-state index contributed by atoms with van der Waals surface area (Å²) < 4.78 is 1.67. The van der Waals surface area contributed by atoms with Gasteiger partial charge in [-0.25, -0.2) is 19.7 Å². The standard InChI is InChI=1S/C20H25N7O/c1-24(2)19-17-14-16(4-5-18(17)22-15-23-19)26-11-8-25(9-12-26)10-13-27-7-3-6-21-20(27)28/h3-7,14-15H,8-13H2,1-2H3. The first-order valence-electron chi connectivity index (χ1n) is 9.53.